The van der Waals surface area contributed by atoms with Gasteiger partial charge in [-0.3, -0.25) is 4.79 Å². The van der Waals surface area contributed by atoms with Crippen molar-refractivity contribution in [1.82, 2.24) is 9.78 Å². The zero-order valence-corrected chi connectivity index (χ0v) is 17.5. The van der Waals surface area contributed by atoms with Crippen molar-refractivity contribution in [3.8, 4) is 22.8 Å². The van der Waals surface area contributed by atoms with Crippen LogP contribution in [0.25, 0.3) is 22.0 Å². The van der Waals surface area contributed by atoms with E-state index >= 15 is 0 Å². The molecule has 4 aromatic rings. The molecule has 0 aliphatic rings. The van der Waals surface area contributed by atoms with Crippen molar-refractivity contribution >= 4 is 10.8 Å². The number of rotatable bonds is 7. The van der Waals surface area contributed by atoms with Gasteiger partial charge in [-0.15, -0.1) is 0 Å². The van der Waals surface area contributed by atoms with Gasteiger partial charge in [0.25, 0.3) is 5.56 Å². The van der Waals surface area contributed by atoms with Crippen molar-refractivity contribution in [2.45, 2.75) is 19.6 Å². The first-order valence-corrected chi connectivity index (χ1v) is 10.1. The number of aliphatic hydroxyl groups excluding tert-OH is 1. The van der Waals surface area contributed by atoms with Crippen LogP contribution < -0.4 is 15.0 Å². The normalized spacial score (nSPS) is 12.0. The van der Waals surface area contributed by atoms with Crippen LogP contribution in [0.15, 0.2) is 77.6 Å². The van der Waals surface area contributed by atoms with Crippen molar-refractivity contribution in [2.75, 3.05) is 13.7 Å². The minimum absolute atomic E-state index is 0.0265. The molecular weight excluding hydrogens is 392 g/mol. The molecule has 0 amide bonds. The number of hydrogen-bond acceptors (Lipinski definition) is 5. The third-order valence-electron chi connectivity index (χ3n) is 5.08. The second-order valence-electron chi connectivity index (χ2n) is 7.39. The summed E-state index contributed by atoms with van der Waals surface area (Å²) in [6.45, 7) is 2.08. The van der Waals surface area contributed by atoms with E-state index in [0.717, 1.165) is 22.3 Å². The molecule has 0 spiro atoms. The zero-order valence-electron chi connectivity index (χ0n) is 17.5. The first kappa shape index (κ1) is 20.6. The lowest BCUT2D eigenvalue weighted by atomic mass is 10.0. The van der Waals surface area contributed by atoms with Crippen molar-refractivity contribution in [1.29, 1.82) is 0 Å². The van der Waals surface area contributed by atoms with Crippen LogP contribution >= 0.6 is 0 Å². The largest absolute Gasteiger partial charge is 0.497 e. The number of aliphatic hydroxyl groups is 1. The molecule has 0 saturated heterocycles. The van der Waals surface area contributed by atoms with Crippen LogP contribution in [-0.2, 0) is 6.54 Å². The highest BCUT2D eigenvalue weighted by atomic mass is 16.5. The van der Waals surface area contributed by atoms with Crippen molar-refractivity contribution in [3.63, 3.8) is 0 Å². The van der Waals surface area contributed by atoms with Gasteiger partial charge in [-0.05, 0) is 37.3 Å². The minimum Gasteiger partial charge on any atom is -0.497 e. The standard InChI is InChI=1S/C25H24N2O4/c1-17-7-9-18(10-8-17)24-22-5-3-4-6-23(22)25(29)27(26-24)15-19(28)16-31-21-13-11-20(30-2)12-14-21/h3-14,19,28H,15-16H2,1-2H3. The Morgan fingerprint density at radius 3 is 2.26 bits per heavy atom. The molecule has 1 heterocycles. The molecule has 3 aromatic carbocycles. The fourth-order valence-corrected chi connectivity index (χ4v) is 3.40. The molecule has 4 rings (SSSR count). The molecule has 158 valence electrons. The predicted molar refractivity (Wildman–Crippen MR) is 121 cm³/mol. The Morgan fingerprint density at radius 1 is 0.935 bits per heavy atom. The van der Waals surface area contributed by atoms with Gasteiger partial charge in [-0.2, -0.15) is 5.10 Å². The maximum atomic E-state index is 13.0. The summed E-state index contributed by atoms with van der Waals surface area (Å²) in [5, 5.41) is 16.5. The summed E-state index contributed by atoms with van der Waals surface area (Å²) in [7, 11) is 1.60. The van der Waals surface area contributed by atoms with E-state index in [4.69, 9.17) is 9.47 Å². The number of methoxy groups -OCH3 is 1. The SMILES string of the molecule is COc1ccc(OCC(O)Cn2nc(-c3ccc(C)cc3)c3ccccc3c2=O)cc1. The lowest BCUT2D eigenvalue weighted by Gasteiger charge is -2.16. The maximum absolute atomic E-state index is 13.0. The van der Waals surface area contributed by atoms with Gasteiger partial charge < -0.3 is 14.6 Å². The topological polar surface area (TPSA) is 73.6 Å². The molecule has 0 aliphatic heterocycles. The lowest BCUT2D eigenvalue weighted by molar-refractivity contribution is 0.0882. The van der Waals surface area contributed by atoms with Gasteiger partial charge in [0.05, 0.1) is 24.7 Å². The number of hydrogen-bond donors (Lipinski definition) is 1. The van der Waals surface area contributed by atoms with E-state index in [1.807, 2.05) is 49.4 Å². The Hall–Kier alpha value is -3.64. The van der Waals surface area contributed by atoms with Gasteiger partial charge in [0, 0.05) is 10.9 Å². The van der Waals surface area contributed by atoms with Gasteiger partial charge in [0.15, 0.2) is 0 Å². The van der Waals surface area contributed by atoms with E-state index < -0.39 is 6.10 Å². The summed E-state index contributed by atoms with van der Waals surface area (Å²) in [6, 6.07) is 22.5. The van der Waals surface area contributed by atoms with Gasteiger partial charge in [0.2, 0.25) is 0 Å². The highest BCUT2D eigenvalue weighted by Gasteiger charge is 2.15. The number of benzene rings is 3. The summed E-state index contributed by atoms with van der Waals surface area (Å²) in [4.78, 5) is 13.0. The number of aryl methyl sites for hydroxylation is 1. The van der Waals surface area contributed by atoms with Gasteiger partial charge in [-0.1, -0.05) is 48.0 Å². The summed E-state index contributed by atoms with van der Waals surface area (Å²) < 4.78 is 12.1. The summed E-state index contributed by atoms with van der Waals surface area (Å²) in [5.41, 5.74) is 2.53. The van der Waals surface area contributed by atoms with Crippen LogP contribution in [0.1, 0.15) is 5.56 Å². The first-order valence-electron chi connectivity index (χ1n) is 10.1. The second-order valence-corrected chi connectivity index (χ2v) is 7.39. The minimum atomic E-state index is -0.903. The Morgan fingerprint density at radius 2 is 1.58 bits per heavy atom. The Kier molecular flexibility index (Phi) is 6.00. The van der Waals surface area contributed by atoms with E-state index in [-0.39, 0.29) is 18.7 Å². The molecule has 1 unspecified atom stereocenters. The highest BCUT2D eigenvalue weighted by molar-refractivity contribution is 5.93. The van der Waals surface area contributed by atoms with Crippen LogP contribution in [-0.4, -0.2) is 34.7 Å². The van der Waals surface area contributed by atoms with Crippen LogP contribution in [0.3, 0.4) is 0 Å². The number of ether oxygens (including phenoxy) is 2. The maximum Gasteiger partial charge on any atom is 0.274 e. The Bertz CT molecular complexity index is 1230. The van der Waals surface area contributed by atoms with Crippen molar-refractivity contribution in [2.24, 2.45) is 0 Å². The molecule has 0 fully saturated rings. The molecule has 31 heavy (non-hydrogen) atoms. The molecule has 6 nitrogen and oxygen atoms in total. The number of nitrogens with zero attached hydrogens (tertiary/aromatic N) is 2. The molecule has 1 atom stereocenters. The van der Waals surface area contributed by atoms with E-state index in [1.165, 1.54) is 4.68 Å². The molecule has 0 radical (unpaired) electrons. The molecule has 0 bridgehead atoms. The van der Waals surface area contributed by atoms with E-state index in [2.05, 4.69) is 5.10 Å². The smallest absolute Gasteiger partial charge is 0.274 e. The number of aromatic nitrogens is 2. The Labute approximate surface area is 180 Å². The summed E-state index contributed by atoms with van der Waals surface area (Å²) in [6.07, 6.45) is -0.903. The van der Waals surface area contributed by atoms with Crippen molar-refractivity contribution < 1.29 is 14.6 Å². The van der Waals surface area contributed by atoms with E-state index in [0.29, 0.717) is 16.8 Å². The molecule has 1 aromatic heterocycles. The quantitative estimate of drug-likeness (QED) is 0.496. The monoisotopic (exact) mass is 416 g/mol. The van der Waals surface area contributed by atoms with E-state index in [9.17, 15) is 9.90 Å². The van der Waals surface area contributed by atoms with Crippen LogP contribution in [0.4, 0.5) is 0 Å². The van der Waals surface area contributed by atoms with Gasteiger partial charge in [0.1, 0.15) is 24.2 Å². The lowest BCUT2D eigenvalue weighted by Crippen LogP contribution is -2.32. The molecule has 0 saturated carbocycles. The molecule has 6 heteroatoms. The van der Waals surface area contributed by atoms with E-state index in [1.54, 1.807) is 37.4 Å². The van der Waals surface area contributed by atoms with Crippen LogP contribution in [0, 0.1) is 6.92 Å². The van der Waals surface area contributed by atoms with Gasteiger partial charge in [-0.25, -0.2) is 4.68 Å². The van der Waals surface area contributed by atoms with Crippen LogP contribution in [0.5, 0.6) is 11.5 Å². The van der Waals surface area contributed by atoms with Crippen LogP contribution in [0.2, 0.25) is 0 Å². The third kappa shape index (κ3) is 4.59. The Balaban J connectivity index is 1.60. The summed E-state index contributed by atoms with van der Waals surface area (Å²) >= 11 is 0. The van der Waals surface area contributed by atoms with Gasteiger partial charge >= 0.3 is 0 Å². The molecular formula is C25H24N2O4. The molecule has 0 aliphatic carbocycles. The average molecular weight is 416 g/mol. The van der Waals surface area contributed by atoms with Crippen molar-refractivity contribution in [3.05, 3.63) is 88.7 Å². The first-order chi connectivity index (χ1) is 15.0. The average Bonchev–Trinajstić information content (AvgIpc) is 2.80. The predicted octanol–water partition coefficient (Wildman–Crippen LogP) is 3.82. The highest BCUT2D eigenvalue weighted by Crippen LogP contribution is 2.25. The zero-order chi connectivity index (χ0) is 21.8. The summed E-state index contributed by atoms with van der Waals surface area (Å²) in [5.74, 6) is 1.34. The molecule has 1 N–H and O–H groups in total. The fraction of sp³-hybridized carbons (Fsp3) is 0.200. The fourth-order valence-electron chi connectivity index (χ4n) is 3.40. The second kappa shape index (κ2) is 9.02. The number of fused-ring (bicyclic) bond motifs is 1. The third-order valence-corrected chi connectivity index (χ3v) is 5.08.